The van der Waals surface area contributed by atoms with Crippen LogP contribution in [0.25, 0.3) is 0 Å². The number of alkyl halides is 3. The van der Waals surface area contributed by atoms with Crippen LogP contribution in [0.5, 0.6) is 5.75 Å². The van der Waals surface area contributed by atoms with E-state index in [2.05, 4.69) is 9.72 Å². The minimum atomic E-state index is -4.82. The van der Waals surface area contributed by atoms with Crippen LogP contribution < -0.4 is 9.64 Å². The molecule has 0 N–H and O–H groups in total. The predicted molar refractivity (Wildman–Crippen MR) is 115 cm³/mol. The maximum Gasteiger partial charge on any atom is 0.573 e. The summed E-state index contributed by atoms with van der Waals surface area (Å²) in [5.41, 5.74) is -0.0158. The first-order valence-electron chi connectivity index (χ1n) is 11.0. The first-order valence-corrected chi connectivity index (χ1v) is 11.0. The number of imide groups is 1. The van der Waals surface area contributed by atoms with Crippen molar-refractivity contribution in [3.8, 4) is 5.75 Å². The summed E-state index contributed by atoms with van der Waals surface area (Å²) >= 11 is 0. The number of ether oxygens (including phenoxy) is 1. The molecule has 2 heterocycles. The van der Waals surface area contributed by atoms with Crippen LogP contribution in [0.2, 0.25) is 0 Å². The quantitative estimate of drug-likeness (QED) is 0.524. The molecular formula is C24H26F3N3O3. The lowest BCUT2D eigenvalue weighted by Gasteiger charge is -2.41. The maximum absolute atomic E-state index is 13.7. The van der Waals surface area contributed by atoms with Crippen molar-refractivity contribution in [3.05, 3.63) is 54.4 Å². The van der Waals surface area contributed by atoms with Gasteiger partial charge >= 0.3 is 12.4 Å². The van der Waals surface area contributed by atoms with Crippen LogP contribution in [0.15, 0.2) is 48.8 Å². The van der Waals surface area contributed by atoms with E-state index in [0.29, 0.717) is 0 Å². The lowest BCUT2D eigenvalue weighted by molar-refractivity contribution is -0.274. The number of halogens is 3. The summed E-state index contributed by atoms with van der Waals surface area (Å²) in [6.45, 7) is 3.43. The number of aromatic nitrogens is 1. The largest absolute Gasteiger partial charge is 0.573 e. The number of carbonyl (C=O) groups excluding carboxylic acids is 2. The number of benzene rings is 1. The van der Waals surface area contributed by atoms with Gasteiger partial charge < -0.3 is 9.64 Å². The molecule has 1 saturated carbocycles. The van der Waals surface area contributed by atoms with E-state index in [-0.39, 0.29) is 17.6 Å². The van der Waals surface area contributed by atoms with Gasteiger partial charge in [0.15, 0.2) is 0 Å². The van der Waals surface area contributed by atoms with Crippen LogP contribution in [0.4, 0.5) is 23.7 Å². The smallest absolute Gasteiger partial charge is 0.406 e. The van der Waals surface area contributed by atoms with Gasteiger partial charge in [-0.3, -0.25) is 9.78 Å². The number of pyridine rings is 1. The number of anilines is 1. The number of carbonyl (C=O) groups is 2. The average Bonchev–Trinajstić information content (AvgIpc) is 2.95. The zero-order valence-corrected chi connectivity index (χ0v) is 18.5. The van der Waals surface area contributed by atoms with Crippen molar-refractivity contribution in [1.29, 1.82) is 0 Å². The highest BCUT2D eigenvalue weighted by molar-refractivity contribution is 6.23. The Bertz CT molecular complexity index is 1000. The molecule has 1 unspecified atom stereocenters. The van der Waals surface area contributed by atoms with Gasteiger partial charge in [0.1, 0.15) is 11.3 Å². The van der Waals surface area contributed by atoms with Crippen LogP contribution in [0.1, 0.15) is 57.6 Å². The number of nitrogens with zero attached hydrogens (tertiary/aromatic N) is 3. The number of hydrogen-bond donors (Lipinski definition) is 0. The van der Waals surface area contributed by atoms with Gasteiger partial charge in [-0.2, -0.15) is 0 Å². The van der Waals surface area contributed by atoms with Crippen molar-refractivity contribution < 1.29 is 27.5 Å². The van der Waals surface area contributed by atoms with E-state index >= 15 is 0 Å². The van der Waals surface area contributed by atoms with Gasteiger partial charge in [-0.15, -0.1) is 13.2 Å². The molecule has 0 radical (unpaired) electrons. The second kappa shape index (κ2) is 8.68. The normalized spacial score (nSPS) is 20.3. The van der Waals surface area contributed by atoms with E-state index in [4.69, 9.17) is 0 Å². The highest BCUT2D eigenvalue weighted by Crippen LogP contribution is 2.45. The molecule has 176 valence electrons. The van der Waals surface area contributed by atoms with Crippen LogP contribution in [0, 0.1) is 5.92 Å². The summed E-state index contributed by atoms with van der Waals surface area (Å²) in [6.07, 6.45) is 3.70. The third-order valence-corrected chi connectivity index (χ3v) is 6.48. The van der Waals surface area contributed by atoms with Crippen LogP contribution in [-0.4, -0.2) is 33.7 Å². The molecule has 2 aliphatic rings. The molecule has 9 heteroatoms. The number of amides is 3. The van der Waals surface area contributed by atoms with Crippen molar-refractivity contribution in [2.24, 2.45) is 5.92 Å². The highest BCUT2D eigenvalue weighted by Gasteiger charge is 2.55. The fraction of sp³-hybridized carbons (Fsp3) is 0.458. The molecule has 0 spiro atoms. The van der Waals surface area contributed by atoms with E-state index in [1.165, 1.54) is 12.1 Å². The molecule has 1 atom stereocenters. The van der Waals surface area contributed by atoms with E-state index in [0.717, 1.165) is 54.7 Å². The van der Waals surface area contributed by atoms with Gasteiger partial charge in [0.25, 0.3) is 5.91 Å². The van der Waals surface area contributed by atoms with Gasteiger partial charge in [0.05, 0.1) is 11.7 Å². The Morgan fingerprint density at radius 3 is 2.18 bits per heavy atom. The zero-order valence-electron chi connectivity index (χ0n) is 18.5. The maximum atomic E-state index is 13.7. The molecule has 6 nitrogen and oxygen atoms in total. The van der Waals surface area contributed by atoms with Crippen molar-refractivity contribution >= 4 is 17.6 Å². The van der Waals surface area contributed by atoms with E-state index in [9.17, 15) is 22.8 Å². The fourth-order valence-electron chi connectivity index (χ4n) is 4.94. The Balaban J connectivity index is 1.70. The van der Waals surface area contributed by atoms with Crippen LogP contribution in [-0.2, 0) is 4.79 Å². The van der Waals surface area contributed by atoms with E-state index in [1.54, 1.807) is 31.1 Å². The molecule has 1 aliphatic heterocycles. The van der Waals surface area contributed by atoms with Gasteiger partial charge in [-0.05, 0) is 74.6 Å². The minimum Gasteiger partial charge on any atom is -0.406 e. The first-order chi connectivity index (χ1) is 15.6. The van der Waals surface area contributed by atoms with Crippen molar-refractivity contribution in [1.82, 2.24) is 9.88 Å². The van der Waals surface area contributed by atoms with E-state index in [1.807, 2.05) is 12.1 Å². The number of hydrogen-bond acceptors (Lipinski definition) is 4. The van der Waals surface area contributed by atoms with Crippen molar-refractivity contribution in [2.75, 3.05) is 4.90 Å². The molecular weight excluding hydrogens is 435 g/mol. The van der Waals surface area contributed by atoms with Gasteiger partial charge in [0, 0.05) is 12.4 Å². The summed E-state index contributed by atoms with van der Waals surface area (Å²) in [6, 6.07) is 7.73. The third-order valence-electron chi connectivity index (χ3n) is 6.48. The predicted octanol–water partition coefficient (Wildman–Crippen LogP) is 5.85. The molecule has 4 rings (SSSR count). The number of rotatable bonds is 5. The second-order valence-corrected chi connectivity index (χ2v) is 9.02. The Hall–Kier alpha value is -3.10. The standard InChI is InChI=1S/C24H26F3N3O3/c1-23(2)21(31)29(18-8-10-19(11-9-18)33-24(25,26)27)22(32)30(23)20(16-6-4-3-5-7-16)17-12-14-28-15-13-17/h8-16,20H,3-7H2,1-2H3. The molecule has 3 amide bonds. The topological polar surface area (TPSA) is 62.7 Å². The fourth-order valence-corrected chi connectivity index (χ4v) is 4.94. The second-order valence-electron chi connectivity index (χ2n) is 9.02. The van der Waals surface area contributed by atoms with Crippen molar-refractivity contribution in [2.45, 2.75) is 63.9 Å². The summed E-state index contributed by atoms with van der Waals surface area (Å²) in [4.78, 5) is 33.9. The molecule has 0 bridgehead atoms. The first kappa shape index (κ1) is 23.1. The van der Waals surface area contributed by atoms with Gasteiger partial charge in [0.2, 0.25) is 0 Å². The molecule has 1 aromatic heterocycles. The molecule has 2 aromatic rings. The Kier molecular flexibility index (Phi) is 6.07. The monoisotopic (exact) mass is 461 g/mol. The Labute approximate surface area is 190 Å². The lowest BCUT2D eigenvalue weighted by atomic mass is 9.79. The highest BCUT2D eigenvalue weighted by atomic mass is 19.4. The SMILES string of the molecule is CC1(C)C(=O)N(c2ccc(OC(F)(F)F)cc2)C(=O)N1C(c1ccncc1)C1CCCCC1. The van der Waals surface area contributed by atoms with Crippen LogP contribution in [0.3, 0.4) is 0 Å². The molecule has 1 aromatic carbocycles. The van der Waals surface area contributed by atoms with Gasteiger partial charge in [-0.1, -0.05) is 19.3 Å². The lowest BCUT2D eigenvalue weighted by Crippen LogP contribution is -2.48. The molecule has 33 heavy (non-hydrogen) atoms. The van der Waals surface area contributed by atoms with Crippen molar-refractivity contribution in [3.63, 3.8) is 0 Å². The summed E-state index contributed by atoms with van der Waals surface area (Å²) in [5.74, 6) is -0.648. The molecule has 1 saturated heterocycles. The Morgan fingerprint density at radius 2 is 1.61 bits per heavy atom. The zero-order chi connectivity index (χ0) is 23.8. The summed E-state index contributed by atoms with van der Waals surface area (Å²) in [7, 11) is 0. The molecule has 1 aliphatic carbocycles. The minimum absolute atomic E-state index is 0.194. The Morgan fingerprint density at radius 1 is 1.00 bits per heavy atom. The summed E-state index contributed by atoms with van der Waals surface area (Å²) < 4.78 is 41.4. The average molecular weight is 461 g/mol. The van der Waals surface area contributed by atoms with Gasteiger partial charge in [-0.25, -0.2) is 9.69 Å². The third kappa shape index (κ3) is 4.54. The van der Waals surface area contributed by atoms with Crippen LogP contribution >= 0.6 is 0 Å². The van der Waals surface area contributed by atoms with E-state index < -0.39 is 29.6 Å². The summed E-state index contributed by atoms with van der Waals surface area (Å²) in [5, 5.41) is 0. The molecule has 2 fully saturated rings. The number of urea groups is 1.